The summed E-state index contributed by atoms with van der Waals surface area (Å²) in [6.07, 6.45) is 0. The predicted octanol–water partition coefficient (Wildman–Crippen LogP) is 0.138. The van der Waals surface area contributed by atoms with Crippen LogP contribution in [0, 0.1) is 0 Å². The van der Waals surface area contributed by atoms with Gasteiger partial charge in [-0.2, -0.15) is 5.10 Å². The van der Waals surface area contributed by atoms with E-state index in [-0.39, 0.29) is 11.8 Å². The maximum absolute atomic E-state index is 11.3. The normalized spacial score (nSPS) is 17.1. The molecule has 1 amide bonds. The summed E-state index contributed by atoms with van der Waals surface area (Å²) >= 11 is 0. The zero-order chi connectivity index (χ0) is 15.9. The number of fused-ring (bicyclic) bond motifs is 1. The SMILES string of the molecule is Cn1nc(C2COc3cc(C(N)=NO)ccc32)cc1C(N)=O. The molecule has 114 valence electrons. The number of carbonyl (C=O) groups is 1. The molecule has 0 radical (unpaired) electrons. The molecule has 22 heavy (non-hydrogen) atoms. The van der Waals surface area contributed by atoms with Crippen molar-refractivity contribution in [1.82, 2.24) is 9.78 Å². The number of amidine groups is 1. The second kappa shape index (κ2) is 5.06. The molecule has 8 heteroatoms. The Morgan fingerprint density at radius 2 is 2.23 bits per heavy atom. The van der Waals surface area contributed by atoms with Gasteiger partial charge in [0.05, 0.1) is 11.6 Å². The number of rotatable bonds is 3. The van der Waals surface area contributed by atoms with Crippen molar-refractivity contribution in [3.8, 4) is 5.75 Å². The van der Waals surface area contributed by atoms with Gasteiger partial charge in [0.2, 0.25) is 0 Å². The van der Waals surface area contributed by atoms with Crippen LogP contribution in [0.25, 0.3) is 0 Å². The number of hydrogen-bond acceptors (Lipinski definition) is 5. The summed E-state index contributed by atoms with van der Waals surface area (Å²) in [4.78, 5) is 11.3. The Hall–Kier alpha value is -3.03. The fourth-order valence-corrected chi connectivity index (χ4v) is 2.56. The Morgan fingerprint density at radius 3 is 2.86 bits per heavy atom. The number of nitrogens with zero attached hydrogens (tertiary/aromatic N) is 3. The van der Waals surface area contributed by atoms with Crippen LogP contribution < -0.4 is 16.2 Å². The fraction of sp³-hybridized carbons (Fsp3) is 0.214. The molecule has 0 spiro atoms. The van der Waals surface area contributed by atoms with E-state index in [1.54, 1.807) is 25.2 Å². The molecular formula is C14H15N5O3. The largest absolute Gasteiger partial charge is 0.492 e. The molecule has 0 saturated heterocycles. The number of carbonyl (C=O) groups excluding carboxylic acids is 1. The van der Waals surface area contributed by atoms with Gasteiger partial charge in [-0.15, -0.1) is 0 Å². The first-order chi connectivity index (χ1) is 10.5. The summed E-state index contributed by atoms with van der Waals surface area (Å²) in [6.45, 7) is 0.407. The first-order valence-corrected chi connectivity index (χ1v) is 6.59. The molecule has 3 rings (SSSR count). The van der Waals surface area contributed by atoms with E-state index in [1.807, 2.05) is 6.07 Å². The highest BCUT2D eigenvalue weighted by Crippen LogP contribution is 2.38. The van der Waals surface area contributed by atoms with Gasteiger partial charge in [-0.05, 0) is 12.1 Å². The summed E-state index contributed by atoms with van der Waals surface area (Å²) in [5, 5.41) is 16.0. The molecule has 1 aromatic carbocycles. The third kappa shape index (κ3) is 2.14. The van der Waals surface area contributed by atoms with E-state index in [2.05, 4.69) is 10.3 Å². The molecule has 0 fully saturated rings. The van der Waals surface area contributed by atoms with Gasteiger partial charge < -0.3 is 21.4 Å². The third-order valence-corrected chi connectivity index (χ3v) is 3.71. The molecule has 1 unspecified atom stereocenters. The molecule has 0 bridgehead atoms. The Bertz CT molecular complexity index is 781. The van der Waals surface area contributed by atoms with E-state index in [1.165, 1.54) is 4.68 Å². The highest BCUT2D eigenvalue weighted by Gasteiger charge is 2.29. The summed E-state index contributed by atoms with van der Waals surface area (Å²) in [6, 6.07) is 6.97. The molecule has 0 saturated carbocycles. The van der Waals surface area contributed by atoms with E-state index >= 15 is 0 Å². The van der Waals surface area contributed by atoms with Gasteiger partial charge in [-0.3, -0.25) is 9.48 Å². The Labute approximate surface area is 126 Å². The van der Waals surface area contributed by atoms with Gasteiger partial charge in [0, 0.05) is 18.2 Å². The van der Waals surface area contributed by atoms with Crippen molar-refractivity contribution in [3.05, 3.63) is 46.8 Å². The highest BCUT2D eigenvalue weighted by atomic mass is 16.5. The molecule has 2 heterocycles. The number of primary amides is 1. The molecule has 1 atom stereocenters. The van der Waals surface area contributed by atoms with Crippen LogP contribution in [-0.2, 0) is 7.05 Å². The van der Waals surface area contributed by atoms with Crippen LogP contribution in [0.2, 0.25) is 0 Å². The minimum atomic E-state index is -0.525. The highest BCUT2D eigenvalue weighted by molar-refractivity contribution is 5.97. The molecule has 5 N–H and O–H groups in total. The van der Waals surface area contributed by atoms with Crippen molar-refractivity contribution < 1.29 is 14.7 Å². The second-order valence-electron chi connectivity index (χ2n) is 5.04. The molecule has 1 aliphatic rings. The molecule has 1 aromatic heterocycles. The van der Waals surface area contributed by atoms with Crippen LogP contribution >= 0.6 is 0 Å². The second-order valence-corrected chi connectivity index (χ2v) is 5.04. The zero-order valence-electron chi connectivity index (χ0n) is 11.9. The van der Waals surface area contributed by atoms with Gasteiger partial charge in [0.25, 0.3) is 5.91 Å². The average molecular weight is 301 g/mol. The lowest BCUT2D eigenvalue weighted by atomic mass is 9.96. The topological polar surface area (TPSA) is 129 Å². The number of ether oxygens (including phenoxy) is 1. The van der Waals surface area contributed by atoms with E-state index < -0.39 is 5.91 Å². The maximum atomic E-state index is 11.3. The quantitative estimate of drug-likeness (QED) is 0.321. The summed E-state index contributed by atoms with van der Waals surface area (Å²) in [5.74, 6) is 0.0578. The predicted molar refractivity (Wildman–Crippen MR) is 78.0 cm³/mol. The van der Waals surface area contributed by atoms with Crippen LogP contribution in [-0.4, -0.2) is 33.3 Å². The molecule has 0 aliphatic carbocycles. The Morgan fingerprint density at radius 1 is 1.45 bits per heavy atom. The number of benzene rings is 1. The first-order valence-electron chi connectivity index (χ1n) is 6.59. The van der Waals surface area contributed by atoms with Crippen LogP contribution in [0.1, 0.15) is 33.2 Å². The van der Waals surface area contributed by atoms with Crippen molar-refractivity contribution in [2.75, 3.05) is 6.61 Å². The molecule has 8 nitrogen and oxygen atoms in total. The number of nitrogens with two attached hydrogens (primary N) is 2. The van der Waals surface area contributed by atoms with E-state index in [0.717, 1.165) is 5.56 Å². The van der Waals surface area contributed by atoms with Crippen molar-refractivity contribution in [2.45, 2.75) is 5.92 Å². The van der Waals surface area contributed by atoms with Crippen LogP contribution in [0.3, 0.4) is 0 Å². The monoisotopic (exact) mass is 301 g/mol. The van der Waals surface area contributed by atoms with Gasteiger partial charge in [0.15, 0.2) is 5.84 Å². The van der Waals surface area contributed by atoms with Crippen molar-refractivity contribution >= 4 is 11.7 Å². The lowest BCUT2D eigenvalue weighted by Gasteiger charge is -2.05. The van der Waals surface area contributed by atoms with Crippen molar-refractivity contribution in [1.29, 1.82) is 0 Å². The number of oxime groups is 1. The van der Waals surface area contributed by atoms with E-state index in [9.17, 15) is 4.79 Å². The van der Waals surface area contributed by atoms with E-state index in [4.69, 9.17) is 21.4 Å². The molecule has 2 aromatic rings. The average Bonchev–Trinajstić information content (AvgIpc) is 3.08. The number of aromatic nitrogens is 2. The number of amides is 1. The first kappa shape index (κ1) is 13.9. The number of hydrogen-bond donors (Lipinski definition) is 3. The fourth-order valence-electron chi connectivity index (χ4n) is 2.56. The molecular weight excluding hydrogens is 286 g/mol. The van der Waals surface area contributed by atoms with Gasteiger partial charge >= 0.3 is 0 Å². The lowest BCUT2D eigenvalue weighted by Crippen LogP contribution is -2.15. The van der Waals surface area contributed by atoms with E-state index in [0.29, 0.717) is 29.3 Å². The standard InChI is InChI=1S/C14H15N5O3/c1-19-11(14(16)20)5-10(17-19)9-6-22-12-4-7(13(15)18-21)2-3-8(9)12/h2-5,9,21H,6H2,1H3,(H2,15,18)(H2,16,20). The summed E-state index contributed by atoms with van der Waals surface area (Å²) < 4.78 is 7.11. The minimum Gasteiger partial charge on any atom is -0.492 e. The molecule has 1 aliphatic heterocycles. The van der Waals surface area contributed by atoms with Gasteiger partial charge in [-0.1, -0.05) is 17.3 Å². The number of aryl methyl sites for hydroxylation is 1. The lowest BCUT2D eigenvalue weighted by molar-refractivity contribution is 0.0991. The van der Waals surface area contributed by atoms with Crippen LogP contribution in [0.4, 0.5) is 0 Å². The Balaban J connectivity index is 1.98. The smallest absolute Gasteiger partial charge is 0.266 e. The zero-order valence-corrected chi connectivity index (χ0v) is 11.9. The van der Waals surface area contributed by atoms with Crippen LogP contribution in [0.5, 0.6) is 5.75 Å². The van der Waals surface area contributed by atoms with Gasteiger partial charge in [0.1, 0.15) is 18.1 Å². The third-order valence-electron chi connectivity index (χ3n) is 3.71. The maximum Gasteiger partial charge on any atom is 0.266 e. The van der Waals surface area contributed by atoms with Gasteiger partial charge in [-0.25, -0.2) is 0 Å². The Kier molecular flexibility index (Phi) is 3.21. The summed E-state index contributed by atoms with van der Waals surface area (Å²) in [5.41, 5.74) is 13.4. The summed E-state index contributed by atoms with van der Waals surface area (Å²) in [7, 11) is 1.67. The van der Waals surface area contributed by atoms with Crippen molar-refractivity contribution in [2.24, 2.45) is 23.7 Å². The van der Waals surface area contributed by atoms with Crippen molar-refractivity contribution in [3.63, 3.8) is 0 Å². The van der Waals surface area contributed by atoms with Crippen LogP contribution in [0.15, 0.2) is 29.4 Å². The minimum absolute atomic E-state index is 0.0173.